The molecule has 0 aromatic rings. The third-order valence-electron chi connectivity index (χ3n) is 3.03. The number of fused-ring (bicyclic) bond motifs is 1. The maximum atomic E-state index is 9.26. The van der Waals surface area contributed by atoms with E-state index in [1.54, 1.807) is 0 Å². The lowest BCUT2D eigenvalue weighted by Gasteiger charge is -2.28. The van der Waals surface area contributed by atoms with Gasteiger partial charge in [-0.1, -0.05) is 12.2 Å². The van der Waals surface area contributed by atoms with E-state index >= 15 is 0 Å². The Bertz CT molecular complexity index is 190. The van der Waals surface area contributed by atoms with Gasteiger partial charge < -0.3 is 5.11 Å². The van der Waals surface area contributed by atoms with Gasteiger partial charge in [0.2, 0.25) is 0 Å². The third-order valence-corrected chi connectivity index (χ3v) is 3.03. The smallest absolute Gasteiger partial charge is 0.0618 e. The zero-order chi connectivity index (χ0) is 7.90. The molecule has 1 N–H and O–H groups in total. The van der Waals surface area contributed by atoms with Crippen LogP contribution in [0.4, 0.5) is 0 Å². The van der Waals surface area contributed by atoms with Crippen LogP contribution in [0, 0.1) is 0 Å². The maximum Gasteiger partial charge on any atom is 0.0618 e. The predicted molar refractivity (Wildman–Crippen MR) is 44.4 cm³/mol. The summed E-state index contributed by atoms with van der Waals surface area (Å²) in [5, 5.41) is 9.26. The minimum Gasteiger partial charge on any atom is -0.394 e. The summed E-state index contributed by atoms with van der Waals surface area (Å²) in [6, 6.07) is 0. The molecule has 2 nitrogen and oxygen atoms in total. The molecule has 62 valence electrons. The van der Waals surface area contributed by atoms with Crippen molar-refractivity contribution in [3.8, 4) is 0 Å². The first-order chi connectivity index (χ1) is 5.27. The normalized spacial score (nSPS) is 38.1. The molecule has 0 radical (unpaired) electrons. The largest absolute Gasteiger partial charge is 0.394 e. The highest BCUT2D eigenvalue weighted by molar-refractivity contribution is 5.17. The van der Waals surface area contributed by atoms with Crippen LogP contribution in [0.5, 0.6) is 0 Å². The molecule has 0 aromatic heterocycles. The van der Waals surface area contributed by atoms with E-state index in [4.69, 9.17) is 0 Å². The van der Waals surface area contributed by atoms with Crippen LogP contribution in [0.25, 0.3) is 0 Å². The number of hydrogen-bond acceptors (Lipinski definition) is 2. The highest BCUT2D eigenvalue weighted by atomic mass is 16.3. The number of aliphatic hydroxyl groups excluding tert-OH is 1. The lowest BCUT2D eigenvalue weighted by molar-refractivity contribution is 0.1000. The second-order valence-corrected chi connectivity index (χ2v) is 3.83. The van der Waals surface area contributed by atoms with Crippen molar-refractivity contribution in [2.45, 2.75) is 24.8 Å². The van der Waals surface area contributed by atoms with Gasteiger partial charge in [-0.3, -0.25) is 4.90 Å². The van der Waals surface area contributed by atoms with Crippen molar-refractivity contribution in [3.63, 3.8) is 0 Å². The molecular weight excluding hydrogens is 138 g/mol. The van der Waals surface area contributed by atoms with E-state index in [2.05, 4.69) is 11.5 Å². The molecule has 2 rings (SSSR count). The third kappa shape index (κ3) is 0.932. The van der Waals surface area contributed by atoms with Gasteiger partial charge >= 0.3 is 0 Å². The lowest BCUT2D eigenvalue weighted by Crippen LogP contribution is -2.41. The van der Waals surface area contributed by atoms with Gasteiger partial charge in [-0.15, -0.1) is 0 Å². The minimum absolute atomic E-state index is 0.108. The summed E-state index contributed by atoms with van der Waals surface area (Å²) in [6.45, 7) is 6.46. The summed E-state index contributed by atoms with van der Waals surface area (Å²) in [5.74, 6) is 0. The van der Waals surface area contributed by atoms with Gasteiger partial charge in [-0.2, -0.15) is 0 Å². The van der Waals surface area contributed by atoms with Crippen molar-refractivity contribution in [1.82, 2.24) is 4.90 Å². The van der Waals surface area contributed by atoms with Crippen LogP contribution < -0.4 is 0 Å². The van der Waals surface area contributed by atoms with Crippen molar-refractivity contribution in [2.75, 3.05) is 19.7 Å². The van der Waals surface area contributed by atoms with Crippen molar-refractivity contribution >= 4 is 0 Å². The SMILES string of the molecule is C=C1CN2CCCC2(CO)C1. The van der Waals surface area contributed by atoms with E-state index < -0.39 is 0 Å². The fourth-order valence-corrected chi connectivity index (χ4v) is 2.47. The monoisotopic (exact) mass is 153 g/mol. The first-order valence-electron chi connectivity index (χ1n) is 4.29. The van der Waals surface area contributed by atoms with Crippen LogP contribution >= 0.6 is 0 Å². The van der Waals surface area contributed by atoms with Crippen molar-refractivity contribution < 1.29 is 5.11 Å². The Hall–Kier alpha value is -0.340. The van der Waals surface area contributed by atoms with Gasteiger partial charge in [-0.25, -0.2) is 0 Å². The molecule has 0 amide bonds. The summed E-state index contributed by atoms with van der Waals surface area (Å²) in [4.78, 5) is 2.38. The van der Waals surface area contributed by atoms with Gasteiger partial charge in [0.25, 0.3) is 0 Å². The topological polar surface area (TPSA) is 23.5 Å². The zero-order valence-corrected chi connectivity index (χ0v) is 6.84. The molecule has 2 aliphatic rings. The fourth-order valence-electron chi connectivity index (χ4n) is 2.47. The van der Waals surface area contributed by atoms with Crippen molar-refractivity contribution in [2.24, 2.45) is 0 Å². The summed E-state index contributed by atoms with van der Waals surface area (Å²) >= 11 is 0. The van der Waals surface area contributed by atoms with Crippen LogP contribution in [0.1, 0.15) is 19.3 Å². The number of aliphatic hydroxyl groups is 1. The number of nitrogens with zero attached hydrogens (tertiary/aromatic N) is 1. The van der Waals surface area contributed by atoms with Crippen molar-refractivity contribution in [1.29, 1.82) is 0 Å². The maximum absolute atomic E-state index is 9.26. The molecule has 0 spiro atoms. The Morgan fingerprint density at radius 1 is 1.64 bits per heavy atom. The second kappa shape index (κ2) is 2.32. The van der Waals surface area contributed by atoms with Crippen LogP contribution in [-0.2, 0) is 0 Å². The Balaban J connectivity index is 2.21. The van der Waals surface area contributed by atoms with E-state index in [1.807, 2.05) is 0 Å². The molecule has 0 aliphatic carbocycles. The van der Waals surface area contributed by atoms with E-state index in [0.717, 1.165) is 25.9 Å². The van der Waals surface area contributed by atoms with Gasteiger partial charge in [0.15, 0.2) is 0 Å². The van der Waals surface area contributed by atoms with E-state index in [1.165, 1.54) is 12.0 Å². The highest BCUT2D eigenvalue weighted by Gasteiger charge is 2.44. The molecule has 2 heterocycles. The summed E-state index contributed by atoms with van der Waals surface area (Å²) in [5.41, 5.74) is 1.40. The first-order valence-corrected chi connectivity index (χ1v) is 4.29. The first kappa shape index (κ1) is 7.32. The molecular formula is C9H15NO. The molecule has 0 bridgehead atoms. The number of hydrogen-bond donors (Lipinski definition) is 1. The van der Waals surface area contributed by atoms with Crippen LogP contribution in [-0.4, -0.2) is 35.2 Å². The molecule has 1 unspecified atom stereocenters. The van der Waals surface area contributed by atoms with Gasteiger partial charge in [-0.05, 0) is 25.8 Å². The summed E-state index contributed by atoms with van der Waals surface area (Å²) in [7, 11) is 0. The standard InChI is InChI=1S/C9H15NO/c1-8-5-9(7-11)3-2-4-10(9)6-8/h11H,1-7H2. The minimum atomic E-state index is 0.108. The molecule has 2 aliphatic heterocycles. The molecule has 0 aromatic carbocycles. The zero-order valence-electron chi connectivity index (χ0n) is 6.84. The Kier molecular flexibility index (Phi) is 1.55. The Labute approximate surface area is 67.5 Å². The Morgan fingerprint density at radius 2 is 2.45 bits per heavy atom. The quantitative estimate of drug-likeness (QED) is 0.562. The average molecular weight is 153 g/mol. The average Bonchev–Trinajstić information content (AvgIpc) is 2.43. The van der Waals surface area contributed by atoms with E-state index in [-0.39, 0.29) is 5.54 Å². The Morgan fingerprint density at radius 3 is 3.09 bits per heavy atom. The van der Waals surface area contributed by atoms with Crippen molar-refractivity contribution in [3.05, 3.63) is 12.2 Å². The molecule has 2 saturated heterocycles. The van der Waals surface area contributed by atoms with Crippen LogP contribution in [0.3, 0.4) is 0 Å². The van der Waals surface area contributed by atoms with Gasteiger partial charge in [0.1, 0.15) is 0 Å². The van der Waals surface area contributed by atoms with Crippen LogP contribution in [0.15, 0.2) is 12.2 Å². The number of rotatable bonds is 1. The predicted octanol–water partition coefficient (Wildman–Crippen LogP) is 0.773. The van der Waals surface area contributed by atoms with Crippen LogP contribution in [0.2, 0.25) is 0 Å². The molecule has 11 heavy (non-hydrogen) atoms. The molecule has 1 atom stereocenters. The molecule has 0 saturated carbocycles. The second-order valence-electron chi connectivity index (χ2n) is 3.83. The summed E-state index contributed by atoms with van der Waals surface area (Å²) in [6.07, 6.45) is 3.42. The molecule has 2 heteroatoms. The van der Waals surface area contributed by atoms with Gasteiger partial charge in [0, 0.05) is 12.1 Å². The molecule has 2 fully saturated rings. The lowest BCUT2D eigenvalue weighted by atomic mass is 9.94. The summed E-state index contributed by atoms with van der Waals surface area (Å²) < 4.78 is 0. The highest BCUT2D eigenvalue weighted by Crippen LogP contribution is 2.39. The van der Waals surface area contributed by atoms with Gasteiger partial charge in [0.05, 0.1) is 6.61 Å². The fraction of sp³-hybridized carbons (Fsp3) is 0.778. The van der Waals surface area contributed by atoms with E-state index in [0.29, 0.717) is 6.61 Å². The van der Waals surface area contributed by atoms with E-state index in [9.17, 15) is 5.11 Å².